The van der Waals surface area contributed by atoms with Crippen molar-refractivity contribution >= 4 is 10.0 Å². The average Bonchev–Trinajstić information content (AvgIpc) is 2.69. The molecule has 0 radical (unpaired) electrons. The maximum Gasteiger partial charge on any atom is 0.238 e. The van der Waals surface area contributed by atoms with Crippen molar-refractivity contribution in [1.29, 1.82) is 0 Å². The summed E-state index contributed by atoms with van der Waals surface area (Å²) in [5.41, 5.74) is 0.456. The Bertz CT molecular complexity index is 451. The van der Waals surface area contributed by atoms with Crippen LogP contribution in [0.3, 0.4) is 0 Å². The predicted octanol–water partition coefficient (Wildman–Crippen LogP) is 0.379. The SMILES string of the molecule is NS(=O)(=O)c1ccccc1C1OCCO1. The summed E-state index contributed by atoms with van der Waals surface area (Å²) in [5, 5.41) is 5.09. The fourth-order valence-corrected chi connectivity index (χ4v) is 2.23. The second kappa shape index (κ2) is 3.90. The number of rotatable bonds is 2. The molecule has 1 aromatic carbocycles. The molecular formula is C9H11NO4S. The number of sulfonamides is 1. The van der Waals surface area contributed by atoms with Crippen LogP contribution in [-0.4, -0.2) is 21.6 Å². The van der Waals surface area contributed by atoms with E-state index in [0.717, 1.165) is 0 Å². The molecule has 1 saturated heterocycles. The summed E-state index contributed by atoms with van der Waals surface area (Å²) < 4.78 is 33.0. The van der Waals surface area contributed by atoms with Gasteiger partial charge in [-0.1, -0.05) is 18.2 Å². The van der Waals surface area contributed by atoms with Crippen LogP contribution >= 0.6 is 0 Å². The van der Waals surface area contributed by atoms with Crippen LogP contribution in [0.4, 0.5) is 0 Å². The summed E-state index contributed by atoms with van der Waals surface area (Å²) in [6.07, 6.45) is -0.625. The van der Waals surface area contributed by atoms with Crippen LogP contribution in [0.1, 0.15) is 11.9 Å². The van der Waals surface area contributed by atoms with Crippen molar-refractivity contribution in [3.63, 3.8) is 0 Å². The number of primary sulfonamides is 1. The molecule has 1 heterocycles. The van der Waals surface area contributed by atoms with Gasteiger partial charge in [-0.25, -0.2) is 13.6 Å². The third kappa shape index (κ3) is 2.18. The molecule has 15 heavy (non-hydrogen) atoms. The van der Waals surface area contributed by atoms with E-state index in [2.05, 4.69) is 0 Å². The Balaban J connectivity index is 2.46. The van der Waals surface area contributed by atoms with Crippen molar-refractivity contribution in [2.75, 3.05) is 13.2 Å². The van der Waals surface area contributed by atoms with Crippen LogP contribution in [0, 0.1) is 0 Å². The van der Waals surface area contributed by atoms with Crippen LogP contribution in [0.5, 0.6) is 0 Å². The Hall–Kier alpha value is -0.950. The minimum Gasteiger partial charge on any atom is -0.346 e. The van der Waals surface area contributed by atoms with E-state index in [4.69, 9.17) is 14.6 Å². The Morgan fingerprint density at radius 1 is 1.20 bits per heavy atom. The van der Waals surface area contributed by atoms with Gasteiger partial charge in [0.05, 0.1) is 18.1 Å². The predicted molar refractivity (Wildman–Crippen MR) is 52.5 cm³/mol. The van der Waals surface area contributed by atoms with Gasteiger partial charge in [0.25, 0.3) is 0 Å². The molecule has 0 spiro atoms. The zero-order chi connectivity index (χ0) is 10.9. The summed E-state index contributed by atoms with van der Waals surface area (Å²) in [6, 6.07) is 6.40. The maximum atomic E-state index is 11.3. The van der Waals surface area contributed by atoms with E-state index in [1.54, 1.807) is 18.2 Å². The van der Waals surface area contributed by atoms with Crippen LogP contribution in [0.15, 0.2) is 29.2 Å². The highest BCUT2D eigenvalue weighted by molar-refractivity contribution is 7.89. The molecule has 0 amide bonds. The van der Waals surface area contributed by atoms with Crippen LogP contribution in [0.25, 0.3) is 0 Å². The second-order valence-electron chi connectivity index (χ2n) is 3.16. The van der Waals surface area contributed by atoms with Gasteiger partial charge in [0.2, 0.25) is 10.0 Å². The Morgan fingerprint density at radius 2 is 1.80 bits per heavy atom. The Morgan fingerprint density at radius 3 is 2.40 bits per heavy atom. The molecule has 1 aliphatic heterocycles. The number of benzene rings is 1. The minimum atomic E-state index is -3.73. The van der Waals surface area contributed by atoms with E-state index >= 15 is 0 Å². The van der Waals surface area contributed by atoms with Gasteiger partial charge in [0, 0.05) is 5.56 Å². The van der Waals surface area contributed by atoms with E-state index in [-0.39, 0.29) is 4.90 Å². The fraction of sp³-hybridized carbons (Fsp3) is 0.333. The third-order valence-corrected chi connectivity index (χ3v) is 3.09. The molecule has 0 aliphatic carbocycles. The Labute approximate surface area is 87.8 Å². The highest BCUT2D eigenvalue weighted by Crippen LogP contribution is 2.28. The molecule has 0 aromatic heterocycles. The first-order chi connectivity index (χ1) is 7.09. The van der Waals surface area contributed by atoms with E-state index in [9.17, 15) is 8.42 Å². The van der Waals surface area contributed by atoms with E-state index in [1.165, 1.54) is 6.07 Å². The van der Waals surface area contributed by atoms with Gasteiger partial charge in [0.1, 0.15) is 0 Å². The van der Waals surface area contributed by atoms with Crippen molar-refractivity contribution in [3.05, 3.63) is 29.8 Å². The largest absolute Gasteiger partial charge is 0.346 e. The smallest absolute Gasteiger partial charge is 0.238 e. The highest BCUT2D eigenvalue weighted by Gasteiger charge is 2.24. The monoisotopic (exact) mass is 229 g/mol. The summed E-state index contributed by atoms with van der Waals surface area (Å²) in [4.78, 5) is 0.0527. The van der Waals surface area contributed by atoms with Crippen LogP contribution < -0.4 is 5.14 Å². The zero-order valence-corrected chi connectivity index (χ0v) is 8.74. The quantitative estimate of drug-likeness (QED) is 0.795. The molecule has 1 fully saturated rings. The van der Waals surface area contributed by atoms with E-state index in [0.29, 0.717) is 18.8 Å². The van der Waals surface area contributed by atoms with E-state index < -0.39 is 16.3 Å². The molecule has 82 valence electrons. The van der Waals surface area contributed by atoms with E-state index in [1.807, 2.05) is 0 Å². The average molecular weight is 229 g/mol. The molecule has 0 atom stereocenters. The Kier molecular flexibility index (Phi) is 2.74. The fourth-order valence-electron chi connectivity index (χ4n) is 1.47. The van der Waals surface area contributed by atoms with Gasteiger partial charge in [-0.15, -0.1) is 0 Å². The molecule has 5 nitrogen and oxygen atoms in total. The molecule has 0 saturated carbocycles. The molecule has 0 bridgehead atoms. The number of ether oxygens (including phenoxy) is 2. The lowest BCUT2D eigenvalue weighted by Gasteiger charge is -2.12. The zero-order valence-electron chi connectivity index (χ0n) is 7.92. The molecule has 1 aromatic rings. The number of hydrogen-bond donors (Lipinski definition) is 1. The van der Waals surface area contributed by atoms with Crippen molar-refractivity contribution in [1.82, 2.24) is 0 Å². The topological polar surface area (TPSA) is 78.6 Å². The van der Waals surface area contributed by atoms with Crippen molar-refractivity contribution in [3.8, 4) is 0 Å². The number of hydrogen-bond acceptors (Lipinski definition) is 4. The van der Waals surface area contributed by atoms with Crippen molar-refractivity contribution in [2.45, 2.75) is 11.2 Å². The van der Waals surface area contributed by atoms with Gasteiger partial charge in [-0.05, 0) is 6.07 Å². The standard InChI is InChI=1S/C9H11NO4S/c10-15(11,12)8-4-2-1-3-7(8)9-13-5-6-14-9/h1-4,9H,5-6H2,(H2,10,11,12). The van der Waals surface area contributed by atoms with Crippen molar-refractivity contribution in [2.24, 2.45) is 5.14 Å². The lowest BCUT2D eigenvalue weighted by atomic mass is 10.2. The summed E-state index contributed by atoms with van der Waals surface area (Å²) in [6.45, 7) is 0.924. The van der Waals surface area contributed by atoms with Gasteiger partial charge >= 0.3 is 0 Å². The second-order valence-corrected chi connectivity index (χ2v) is 4.69. The van der Waals surface area contributed by atoms with Crippen molar-refractivity contribution < 1.29 is 17.9 Å². The lowest BCUT2D eigenvalue weighted by Crippen LogP contribution is -2.16. The molecule has 1 aliphatic rings. The first-order valence-electron chi connectivity index (χ1n) is 4.44. The molecule has 6 heteroatoms. The summed E-state index contributed by atoms with van der Waals surface area (Å²) in [5.74, 6) is 0. The van der Waals surface area contributed by atoms with Crippen LogP contribution in [-0.2, 0) is 19.5 Å². The lowest BCUT2D eigenvalue weighted by molar-refractivity contribution is -0.0461. The highest BCUT2D eigenvalue weighted by atomic mass is 32.2. The maximum absolute atomic E-state index is 11.3. The number of nitrogens with two attached hydrogens (primary N) is 1. The third-order valence-electron chi connectivity index (χ3n) is 2.10. The molecular weight excluding hydrogens is 218 g/mol. The van der Waals surface area contributed by atoms with Gasteiger partial charge in [-0.2, -0.15) is 0 Å². The normalized spacial score (nSPS) is 18.2. The first kappa shape index (κ1) is 10.6. The summed E-state index contributed by atoms with van der Waals surface area (Å²) >= 11 is 0. The molecule has 0 unspecified atom stereocenters. The first-order valence-corrected chi connectivity index (χ1v) is 5.98. The minimum absolute atomic E-state index is 0.0527. The van der Waals surface area contributed by atoms with Gasteiger partial charge in [0.15, 0.2) is 6.29 Å². The van der Waals surface area contributed by atoms with Crippen LogP contribution in [0.2, 0.25) is 0 Å². The summed E-state index contributed by atoms with van der Waals surface area (Å²) in [7, 11) is -3.73. The van der Waals surface area contributed by atoms with Gasteiger partial charge < -0.3 is 9.47 Å². The molecule has 2 rings (SSSR count). The van der Waals surface area contributed by atoms with Gasteiger partial charge in [-0.3, -0.25) is 0 Å². The molecule has 2 N–H and O–H groups in total.